The quantitative estimate of drug-likeness (QED) is 0.878. The number of nitrogens with zero attached hydrogens (tertiary/aromatic N) is 2. The van der Waals surface area contributed by atoms with Crippen LogP contribution in [0.1, 0.15) is 59.2 Å². The van der Waals surface area contributed by atoms with Crippen molar-refractivity contribution in [1.82, 2.24) is 9.80 Å². The molecule has 6 heteroatoms. The van der Waals surface area contributed by atoms with E-state index in [-0.39, 0.29) is 17.4 Å². The first-order valence-corrected chi connectivity index (χ1v) is 9.45. The second-order valence-electron chi connectivity index (χ2n) is 7.25. The molecule has 1 aliphatic heterocycles. The number of carboxylic acid groups (broad SMARTS) is 1. The van der Waals surface area contributed by atoms with Crippen molar-refractivity contribution in [2.75, 3.05) is 26.2 Å². The molecule has 0 radical (unpaired) electrons. The standard InChI is InChI=1S/C20H26N2O4/c23-18(9-8-15-4-1-2-5-15)21-10-12-22(13-11-21)19(24)16-6-3-7-17(14-16)20(25)26/h3,6-7,14-15H,1-2,4-5,8-13H2,(H,25,26). The van der Waals surface area contributed by atoms with Crippen LogP contribution in [0.25, 0.3) is 0 Å². The van der Waals surface area contributed by atoms with E-state index in [1.807, 2.05) is 4.90 Å². The highest BCUT2D eigenvalue weighted by molar-refractivity contribution is 5.97. The Morgan fingerprint density at radius 2 is 1.58 bits per heavy atom. The number of carbonyl (C=O) groups excluding carboxylic acids is 2. The first-order valence-electron chi connectivity index (χ1n) is 9.45. The topological polar surface area (TPSA) is 77.9 Å². The average Bonchev–Trinajstić information content (AvgIpc) is 3.19. The molecule has 0 atom stereocenters. The molecule has 2 amide bonds. The Bertz CT molecular complexity index is 674. The zero-order valence-corrected chi connectivity index (χ0v) is 15.0. The Hall–Kier alpha value is -2.37. The van der Waals surface area contributed by atoms with Crippen molar-refractivity contribution < 1.29 is 19.5 Å². The van der Waals surface area contributed by atoms with Gasteiger partial charge in [-0.3, -0.25) is 9.59 Å². The summed E-state index contributed by atoms with van der Waals surface area (Å²) in [7, 11) is 0. The van der Waals surface area contributed by atoms with Gasteiger partial charge in [-0.05, 0) is 30.5 Å². The third-order valence-electron chi connectivity index (χ3n) is 5.52. The second kappa shape index (κ2) is 8.34. The molecule has 1 aromatic rings. The molecule has 0 aromatic heterocycles. The van der Waals surface area contributed by atoms with Gasteiger partial charge in [-0.25, -0.2) is 4.79 Å². The summed E-state index contributed by atoms with van der Waals surface area (Å²) in [6.45, 7) is 2.08. The number of piperazine rings is 1. The minimum atomic E-state index is -1.04. The van der Waals surface area contributed by atoms with E-state index in [9.17, 15) is 14.4 Å². The van der Waals surface area contributed by atoms with E-state index in [0.29, 0.717) is 44.1 Å². The van der Waals surface area contributed by atoms with Crippen molar-refractivity contribution in [3.8, 4) is 0 Å². The molecule has 1 N–H and O–H groups in total. The molecular weight excluding hydrogens is 332 g/mol. The average molecular weight is 358 g/mol. The van der Waals surface area contributed by atoms with Gasteiger partial charge in [0.25, 0.3) is 5.91 Å². The predicted octanol–water partition coefficient (Wildman–Crippen LogP) is 2.64. The lowest BCUT2D eigenvalue weighted by molar-refractivity contribution is -0.133. The molecule has 1 aromatic carbocycles. The Morgan fingerprint density at radius 3 is 2.23 bits per heavy atom. The Morgan fingerprint density at radius 1 is 0.962 bits per heavy atom. The lowest BCUT2D eigenvalue weighted by Crippen LogP contribution is -2.50. The fourth-order valence-corrected chi connectivity index (χ4v) is 3.91. The van der Waals surface area contributed by atoms with Crippen LogP contribution < -0.4 is 0 Å². The highest BCUT2D eigenvalue weighted by atomic mass is 16.4. The Balaban J connectivity index is 1.49. The smallest absolute Gasteiger partial charge is 0.335 e. The van der Waals surface area contributed by atoms with Gasteiger partial charge in [0.1, 0.15) is 0 Å². The minimum absolute atomic E-state index is 0.108. The van der Waals surface area contributed by atoms with Gasteiger partial charge in [0.2, 0.25) is 5.91 Å². The van der Waals surface area contributed by atoms with Gasteiger partial charge in [0.15, 0.2) is 0 Å². The van der Waals surface area contributed by atoms with Crippen LogP contribution in [0, 0.1) is 5.92 Å². The Labute approximate surface area is 153 Å². The van der Waals surface area contributed by atoms with Crippen LogP contribution in [0.15, 0.2) is 24.3 Å². The summed E-state index contributed by atoms with van der Waals surface area (Å²) in [5.74, 6) is -0.316. The van der Waals surface area contributed by atoms with Crippen LogP contribution in [0.4, 0.5) is 0 Å². The molecule has 2 aliphatic rings. The normalized spacial score (nSPS) is 18.2. The first-order chi connectivity index (χ1) is 12.5. The predicted molar refractivity (Wildman–Crippen MR) is 97.1 cm³/mol. The number of aromatic carboxylic acids is 1. The summed E-state index contributed by atoms with van der Waals surface area (Å²) in [4.78, 5) is 39.6. The van der Waals surface area contributed by atoms with Crippen molar-refractivity contribution in [3.63, 3.8) is 0 Å². The zero-order chi connectivity index (χ0) is 18.5. The molecule has 0 bridgehead atoms. The maximum Gasteiger partial charge on any atom is 0.335 e. The number of carbonyl (C=O) groups is 3. The summed E-state index contributed by atoms with van der Waals surface area (Å²) in [5, 5.41) is 9.06. The molecule has 26 heavy (non-hydrogen) atoms. The van der Waals surface area contributed by atoms with E-state index in [0.717, 1.165) is 6.42 Å². The number of rotatable bonds is 5. The molecule has 0 unspecified atom stereocenters. The number of benzene rings is 1. The van der Waals surface area contributed by atoms with Crippen LogP contribution in [0.2, 0.25) is 0 Å². The SMILES string of the molecule is O=C(O)c1cccc(C(=O)N2CCN(C(=O)CCC3CCCC3)CC2)c1. The third-order valence-corrected chi connectivity index (χ3v) is 5.52. The fraction of sp³-hybridized carbons (Fsp3) is 0.550. The van der Waals surface area contributed by atoms with Gasteiger partial charge in [-0.15, -0.1) is 0 Å². The van der Waals surface area contributed by atoms with Crippen LogP contribution in [-0.2, 0) is 4.79 Å². The van der Waals surface area contributed by atoms with E-state index < -0.39 is 5.97 Å². The first kappa shape index (κ1) is 18.4. The van der Waals surface area contributed by atoms with E-state index >= 15 is 0 Å². The van der Waals surface area contributed by atoms with Crippen molar-refractivity contribution in [3.05, 3.63) is 35.4 Å². The van der Waals surface area contributed by atoms with E-state index in [1.54, 1.807) is 17.0 Å². The highest BCUT2D eigenvalue weighted by Gasteiger charge is 2.26. The number of amides is 2. The second-order valence-corrected chi connectivity index (χ2v) is 7.25. The van der Waals surface area contributed by atoms with Gasteiger partial charge < -0.3 is 14.9 Å². The minimum Gasteiger partial charge on any atom is -0.478 e. The monoisotopic (exact) mass is 358 g/mol. The van der Waals surface area contributed by atoms with Gasteiger partial charge >= 0.3 is 5.97 Å². The van der Waals surface area contributed by atoms with Gasteiger partial charge in [-0.2, -0.15) is 0 Å². The molecular formula is C20H26N2O4. The number of carboxylic acids is 1. The molecule has 140 valence electrons. The lowest BCUT2D eigenvalue weighted by atomic mass is 10.0. The van der Waals surface area contributed by atoms with E-state index in [1.165, 1.54) is 37.8 Å². The van der Waals surface area contributed by atoms with Crippen LogP contribution in [0.5, 0.6) is 0 Å². The number of hydrogen-bond acceptors (Lipinski definition) is 3. The maximum atomic E-state index is 12.6. The summed E-state index contributed by atoms with van der Waals surface area (Å²) in [6.07, 6.45) is 6.70. The van der Waals surface area contributed by atoms with Crippen molar-refractivity contribution in [2.24, 2.45) is 5.92 Å². The van der Waals surface area contributed by atoms with Crippen molar-refractivity contribution >= 4 is 17.8 Å². The molecule has 0 spiro atoms. The molecule has 1 aliphatic carbocycles. The Kier molecular flexibility index (Phi) is 5.91. The molecule has 3 rings (SSSR count). The summed E-state index contributed by atoms with van der Waals surface area (Å²) in [6, 6.07) is 6.09. The largest absolute Gasteiger partial charge is 0.478 e. The van der Waals surface area contributed by atoms with Crippen LogP contribution in [-0.4, -0.2) is 58.9 Å². The summed E-state index contributed by atoms with van der Waals surface area (Å²) in [5.41, 5.74) is 0.488. The van der Waals surface area contributed by atoms with E-state index in [2.05, 4.69) is 0 Å². The molecule has 1 saturated heterocycles. The summed E-state index contributed by atoms with van der Waals surface area (Å²) >= 11 is 0. The van der Waals surface area contributed by atoms with Crippen molar-refractivity contribution in [2.45, 2.75) is 38.5 Å². The zero-order valence-electron chi connectivity index (χ0n) is 15.0. The van der Waals surface area contributed by atoms with Gasteiger partial charge in [-0.1, -0.05) is 31.7 Å². The van der Waals surface area contributed by atoms with Gasteiger partial charge in [0, 0.05) is 38.2 Å². The molecule has 6 nitrogen and oxygen atoms in total. The fourth-order valence-electron chi connectivity index (χ4n) is 3.91. The number of hydrogen-bond donors (Lipinski definition) is 1. The maximum absolute atomic E-state index is 12.6. The summed E-state index contributed by atoms with van der Waals surface area (Å²) < 4.78 is 0. The van der Waals surface area contributed by atoms with Crippen LogP contribution >= 0.6 is 0 Å². The van der Waals surface area contributed by atoms with Crippen LogP contribution in [0.3, 0.4) is 0 Å². The molecule has 2 fully saturated rings. The molecule has 1 saturated carbocycles. The van der Waals surface area contributed by atoms with E-state index in [4.69, 9.17) is 5.11 Å². The van der Waals surface area contributed by atoms with Crippen molar-refractivity contribution in [1.29, 1.82) is 0 Å². The lowest BCUT2D eigenvalue weighted by Gasteiger charge is -2.35. The third kappa shape index (κ3) is 4.42. The molecule has 1 heterocycles. The van der Waals surface area contributed by atoms with Gasteiger partial charge in [0.05, 0.1) is 5.56 Å². The highest BCUT2D eigenvalue weighted by Crippen LogP contribution is 2.28.